The van der Waals surface area contributed by atoms with Gasteiger partial charge in [-0.15, -0.1) is 0 Å². The minimum atomic E-state index is -2.05. The van der Waals surface area contributed by atoms with Crippen LogP contribution >= 0.6 is 0 Å². The molecule has 7 rings (SSSR count). The third-order valence-electron chi connectivity index (χ3n) is 13.7. The maximum absolute atomic E-state index is 17.4. The Morgan fingerprint density at radius 1 is 1.06 bits per heavy atom. The van der Waals surface area contributed by atoms with Crippen LogP contribution in [0.4, 0.5) is 4.39 Å². The molecule has 5 N–H and O–H groups in total. The van der Waals surface area contributed by atoms with Crippen LogP contribution in [0.15, 0.2) is 42.0 Å². The summed E-state index contributed by atoms with van der Waals surface area (Å²) in [6.45, 7) is 5.70. The van der Waals surface area contributed by atoms with E-state index in [-0.39, 0.29) is 74.4 Å². The number of amides is 5. The van der Waals surface area contributed by atoms with Crippen LogP contribution < -0.4 is 20.7 Å². The molecular formula is C40H49FN4O9. The van der Waals surface area contributed by atoms with Crippen LogP contribution in [-0.4, -0.2) is 93.5 Å². The number of aliphatic hydroxyl groups is 2. The van der Waals surface area contributed by atoms with E-state index in [1.54, 1.807) is 45.0 Å². The quantitative estimate of drug-likeness (QED) is 0.176. The van der Waals surface area contributed by atoms with E-state index in [0.29, 0.717) is 43.2 Å². The van der Waals surface area contributed by atoms with Crippen LogP contribution in [0.3, 0.4) is 0 Å². The van der Waals surface area contributed by atoms with Crippen LogP contribution in [0.2, 0.25) is 0 Å². The van der Waals surface area contributed by atoms with Crippen molar-refractivity contribution in [1.29, 1.82) is 0 Å². The summed E-state index contributed by atoms with van der Waals surface area (Å²) in [5.74, 6) is -3.67. The van der Waals surface area contributed by atoms with E-state index >= 15 is 4.39 Å². The number of alkyl halides is 1. The minimum absolute atomic E-state index is 0.101. The number of unbranched alkanes of at least 4 members (excludes halogenated alkanes) is 1. The fourth-order valence-corrected chi connectivity index (χ4v) is 10.7. The second kappa shape index (κ2) is 13.7. The average molecular weight is 749 g/mol. The molecule has 0 bridgehead atoms. The van der Waals surface area contributed by atoms with Gasteiger partial charge in [-0.25, -0.2) is 4.39 Å². The van der Waals surface area contributed by atoms with E-state index in [2.05, 4.69) is 16.0 Å². The van der Waals surface area contributed by atoms with Crippen LogP contribution in [0, 0.1) is 28.6 Å². The molecule has 13 nitrogen and oxygen atoms in total. The summed E-state index contributed by atoms with van der Waals surface area (Å²) in [4.78, 5) is 77.1. The Morgan fingerprint density at radius 3 is 2.54 bits per heavy atom. The predicted molar refractivity (Wildman–Crippen MR) is 191 cm³/mol. The maximum Gasteiger partial charge on any atom is 0.258 e. The molecule has 2 aliphatic heterocycles. The number of aliphatic hydroxyl groups excluding tert-OH is 1. The zero-order valence-corrected chi connectivity index (χ0v) is 30.9. The van der Waals surface area contributed by atoms with Crippen LogP contribution in [0.1, 0.15) is 88.1 Å². The number of rotatable bonds is 10. The molecule has 9 atom stereocenters. The molecule has 3 saturated carbocycles. The first-order chi connectivity index (χ1) is 25.6. The van der Waals surface area contributed by atoms with Gasteiger partial charge in [0.25, 0.3) is 17.7 Å². The molecule has 14 heteroatoms. The number of nitrogens with zero attached hydrogens (tertiary/aromatic N) is 1. The van der Waals surface area contributed by atoms with Crippen molar-refractivity contribution in [3.63, 3.8) is 0 Å². The molecule has 1 unspecified atom stereocenters. The monoisotopic (exact) mass is 748 g/mol. The van der Waals surface area contributed by atoms with E-state index < -0.39 is 69.7 Å². The van der Waals surface area contributed by atoms with Gasteiger partial charge in [0.2, 0.25) is 11.8 Å². The lowest BCUT2D eigenvalue weighted by atomic mass is 9.44. The zero-order chi connectivity index (χ0) is 38.8. The number of piperidine rings is 1. The van der Waals surface area contributed by atoms with E-state index in [4.69, 9.17) is 4.74 Å². The average Bonchev–Trinajstić information content (AvgIpc) is 3.56. The molecule has 1 aromatic rings. The standard InChI is InChI=1S/C40H49FN4O9/c1-22-17-27-26-10-9-24-18-25(46)13-14-37(24,2)39(26,41)30(47)19-38(27,3)40(22,53)36(52)43-16-5-4-15-42-32(49)21-54-29-8-6-7-23-20-45(35(51)33(23)29)28-11-12-31(48)44-34(28)50/h6-8,13-14,18,22,26-28,30,47,53H,4-5,9-12,15-17,19-21H2,1-3H3,(H,42,49)(H,43,52)(H,44,48,50)/t22-,26+,27+,28?,30+,37+,38+,39+,40+/m1/s1. The molecule has 0 radical (unpaired) electrons. The zero-order valence-electron chi connectivity index (χ0n) is 30.9. The smallest absolute Gasteiger partial charge is 0.258 e. The number of ketones is 1. The normalized spacial score (nSPS) is 36.7. The highest BCUT2D eigenvalue weighted by atomic mass is 19.1. The van der Waals surface area contributed by atoms with Crippen molar-refractivity contribution in [2.45, 2.75) is 102 Å². The van der Waals surface area contributed by atoms with Gasteiger partial charge < -0.3 is 30.5 Å². The first-order valence-corrected chi connectivity index (χ1v) is 19.0. The number of ether oxygens (including phenoxy) is 1. The number of allylic oxidation sites excluding steroid dienone is 4. The SMILES string of the molecule is C[C@@H]1C[C@H]2[C@@H]3CCC4=CC(=O)C=C[C@]4(C)[C@@]3(F)[C@@H](O)C[C@]2(C)[C@@]1(O)C(=O)NCCCCNC(=O)COc1cccc2c1C(=O)N(C1CCC(=O)NC1=O)C2. The van der Waals surface area contributed by atoms with Gasteiger partial charge in [-0.3, -0.25) is 34.1 Å². The van der Waals surface area contributed by atoms with Gasteiger partial charge in [-0.1, -0.05) is 37.6 Å². The van der Waals surface area contributed by atoms with Crippen molar-refractivity contribution < 1.29 is 48.1 Å². The Labute approximate surface area is 313 Å². The fraction of sp³-hybridized carbons (Fsp3) is 0.600. The number of imide groups is 1. The number of hydrogen-bond acceptors (Lipinski definition) is 9. The first kappa shape index (κ1) is 37.9. The van der Waals surface area contributed by atoms with Gasteiger partial charge in [0.15, 0.2) is 23.7 Å². The highest BCUT2D eigenvalue weighted by Crippen LogP contribution is 2.70. The van der Waals surface area contributed by atoms with Crippen molar-refractivity contribution in [2.24, 2.45) is 28.6 Å². The number of carbonyl (C=O) groups is 6. The molecular weight excluding hydrogens is 699 g/mol. The number of halogens is 1. The molecule has 54 heavy (non-hydrogen) atoms. The third kappa shape index (κ3) is 5.70. The summed E-state index contributed by atoms with van der Waals surface area (Å²) in [5, 5.41) is 31.6. The van der Waals surface area contributed by atoms with Crippen LogP contribution in [0.25, 0.3) is 0 Å². The summed E-state index contributed by atoms with van der Waals surface area (Å²) in [7, 11) is 0. The van der Waals surface area contributed by atoms with E-state index in [1.807, 2.05) is 0 Å². The molecule has 4 fully saturated rings. The Hall–Kier alpha value is -4.43. The van der Waals surface area contributed by atoms with E-state index in [1.165, 1.54) is 17.1 Å². The maximum atomic E-state index is 17.4. The number of carbonyl (C=O) groups excluding carboxylic acids is 6. The second-order valence-corrected chi connectivity index (χ2v) is 16.5. The Bertz CT molecular complexity index is 1860. The van der Waals surface area contributed by atoms with E-state index in [0.717, 1.165) is 0 Å². The van der Waals surface area contributed by atoms with Gasteiger partial charge in [0, 0.05) is 42.8 Å². The lowest BCUT2D eigenvalue weighted by Gasteiger charge is -2.62. The van der Waals surface area contributed by atoms with Gasteiger partial charge in [0.1, 0.15) is 11.8 Å². The Kier molecular flexibility index (Phi) is 9.61. The summed E-state index contributed by atoms with van der Waals surface area (Å²) in [5.41, 5.74) is -4.49. The molecule has 1 saturated heterocycles. The second-order valence-electron chi connectivity index (χ2n) is 16.5. The molecule has 290 valence electrons. The van der Waals surface area contributed by atoms with Gasteiger partial charge in [-0.2, -0.15) is 0 Å². The molecule has 0 aromatic heterocycles. The Balaban J connectivity index is 0.888. The highest BCUT2D eigenvalue weighted by molar-refractivity contribution is 6.06. The summed E-state index contributed by atoms with van der Waals surface area (Å²) >= 11 is 0. The Morgan fingerprint density at radius 2 is 1.80 bits per heavy atom. The topological polar surface area (TPSA) is 191 Å². The van der Waals surface area contributed by atoms with Crippen LogP contribution in [-0.2, 0) is 30.5 Å². The third-order valence-corrected chi connectivity index (χ3v) is 13.7. The molecule has 5 amide bonds. The van der Waals surface area contributed by atoms with Crippen molar-refractivity contribution in [2.75, 3.05) is 19.7 Å². The van der Waals surface area contributed by atoms with E-state index in [9.17, 15) is 39.0 Å². The number of fused-ring (bicyclic) bond motifs is 6. The summed E-state index contributed by atoms with van der Waals surface area (Å²) < 4.78 is 23.1. The molecule has 1 aromatic carbocycles. The molecule has 0 spiro atoms. The highest BCUT2D eigenvalue weighted by Gasteiger charge is 2.75. The fourth-order valence-electron chi connectivity index (χ4n) is 10.7. The summed E-state index contributed by atoms with van der Waals surface area (Å²) in [6.07, 6.45) is 5.60. The molecule has 6 aliphatic rings. The van der Waals surface area contributed by atoms with Crippen molar-refractivity contribution in [3.8, 4) is 5.75 Å². The minimum Gasteiger partial charge on any atom is -0.483 e. The van der Waals surface area contributed by atoms with Gasteiger partial charge in [-0.05, 0) is 87.5 Å². The number of benzene rings is 1. The van der Waals surface area contributed by atoms with Crippen molar-refractivity contribution in [3.05, 3.63) is 53.1 Å². The van der Waals surface area contributed by atoms with Crippen molar-refractivity contribution in [1.82, 2.24) is 20.9 Å². The van der Waals surface area contributed by atoms with Gasteiger partial charge >= 0.3 is 0 Å². The number of nitrogens with one attached hydrogen (secondary N) is 3. The predicted octanol–water partition coefficient (Wildman–Crippen LogP) is 2.19. The van der Waals surface area contributed by atoms with Crippen LogP contribution in [0.5, 0.6) is 5.75 Å². The summed E-state index contributed by atoms with van der Waals surface area (Å²) in [6, 6.07) is 4.28. The number of hydrogen-bond donors (Lipinski definition) is 5. The first-order valence-electron chi connectivity index (χ1n) is 19.0. The largest absolute Gasteiger partial charge is 0.483 e. The van der Waals surface area contributed by atoms with Gasteiger partial charge in [0.05, 0.1) is 11.7 Å². The molecule has 2 heterocycles. The lowest BCUT2D eigenvalue weighted by molar-refractivity contribution is -0.219. The molecule has 4 aliphatic carbocycles. The van der Waals surface area contributed by atoms with Crippen molar-refractivity contribution >= 4 is 35.3 Å². The lowest BCUT2D eigenvalue weighted by Crippen LogP contribution is -2.70.